The van der Waals surface area contributed by atoms with E-state index in [-0.39, 0.29) is 0 Å². The van der Waals surface area contributed by atoms with E-state index in [1.54, 1.807) is 0 Å². The van der Waals surface area contributed by atoms with Gasteiger partial charge < -0.3 is 10.1 Å². The largest absolute Gasteiger partial charge is 0.380 e. The van der Waals surface area contributed by atoms with Crippen molar-refractivity contribution in [3.63, 3.8) is 0 Å². The molecule has 0 aromatic carbocycles. The number of ether oxygens (including phenoxy) is 1. The Balaban J connectivity index is 1.57. The normalized spacial score (nSPS) is 31.1. The first-order valence-corrected chi connectivity index (χ1v) is 6.73. The van der Waals surface area contributed by atoms with Gasteiger partial charge in [-0.1, -0.05) is 13.3 Å². The van der Waals surface area contributed by atoms with E-state index in [9.17, 15) is 0 Å². The molecule has 0 aliphatic carbocycles. The van der Waals surface area contributed by atoms with E-state index in [0.717, 1.165) is 25.0 Å². The summed E-state index contributed by atoms with van der Waals surface area (Å²) >= 11 is 2.15. The fourth-order valence-electron chi connectivity index (χ4n) is 2.06. The molecule has 0 bridgehead atoms. The monoisotopic (exact) mass is 215 g/mol. The Labute approximate surface area is 91.2 Å². The molecule has 0 spiro atoms. The summed E-state index contributed by atoms with van der Waals surface area (Å²) in [6.45, 7) is 6.51. The SMILES string of the molecule is CC1(CNCC2CCCCS2)COC1. The van der Waals surface area contributed by atoms with Gasteiger partial charge in [-0.15, -0.1) is 0 Å². The molecule has 0 amide bonds. The number of hydrogen-bond donors (Lipinski definition) is 1. The van der Waals surface area contributed by atoms with Gasteiger partial charge in [-0.2, -0.15) is 11.8 Å². The fraction of sp³-hybridized carbons (Fsp3) is 1.00. The lowest BCUT2D eigenvalue weighted by Crippen LogP contribution is -2.48. The van der Waals surface area contributed by atoms with Crippen LogP contribution in [0, 0.1) is 5.41 Å². The van der Waals surface area contributed by atoms with Crippen LogP contribution in [0.2, 0.25) is 0 Å². The highest BCUT2D eigenvalue weighted by molar-refractivity contribution is 7.99. The van der Waals surface area contributed by atoms with Crippen LogP contribution >= 0.6 is 11.8 Å². The van der Waals surface area contributed by atoms with Crippen molar-refractivity contribution >= 4 is 11.8 Å². The van der Waals surface area contributed by atoms with Crippen LogP contribution in [0.15, 0.2) is 0 Å². The van der Waals surface area contributed by atoms with Crippen LogP contribution in [0.3, 0.4) is 0 Å². The summed E-state index contributed by atoms with van der Waals surface area (Å²) in [6, 6.07) is 0. The van der Waals surface area contributed by atoms with Gasteiger partial charge in [-0.05, 0) is 18.6 Å². The third-order valence-corrected chi connectivity index (χ3v) is 4.50. The van der Waals surface area contributed by atoms with E-state index in [0.29, 0.717) is 5.41 Å². The number of rotatable bonds is 4. The molecule has 2 nitrogen and oxygen atoms in total. The van der Waals surface area contributed by atoms with Crippen molar-refractivity contribution in [3.8, 4) is 0 Å². The lowest BCUT2D eigenvalue weighted by molar-refractivity contribution is -0.0989. The van der Waals surface area contributed by atoms with Crippen LogP contribution < -0.4 is 5.32 Å². The van der Waals surface area contributed by atoms with Crippen LogP contribution in [-0.4, -0.2) is 37.3 Å². The van der Waals surface area contributed by atoms with Gasteiger partial charge in [0.05, 0.1) is 13.2 Å². The smallest absolute Gasteiger partial charge is 0.0554 e. The van der Waals surface area contributed by atoms with Gasteiger partial charge in [-0.3, -0.25) is 0 Å². The standard InChI is InChI=1S/C11H21NOS/c1-11(8-13-9-11)7-12-6-10-4-2-3-5-14-10/h10,12H,2-9H2,1H3. The predicted molar refractivity (Wildman–Crippen MR) is 61.9 cm³/mol. The minimum absolute atomic E-state index is 0.430. The molecule has 0 radical (unpaired) electrons. The summed E-state index contributed by atoms with van der Waals surface area (Å²) in [6.07, 6.45) is 4.26. The van der Waals surface area contributed by atoms with Crippen LogP contribution in [0.4, 0.5) is 0 Å². The van der Waals surface area contributed by atoms with Gasteiger partial charge in [-0.25, -0.2) is 0 Å². The van der Waals surface area contributed by atoms with Crippen molar-refractivity contribution in [2.45, 2.75) is 31.4 Å². The summed E-state index contributed by atoms with van der Waals surface area (Å²) in [5, 5.41) is 4.47. The van der Waals surface area contributed by atoms with Gasteiger partial charge in [0.15, 0.2) is 0 Å². The molecule has 3 heteroatoms. The number of thioether (sulfide) groups is 1. The highest BCUT2D eigenvalue weighted by atomic mass is 32.2. The lowest BCUT2D eigenvalue weighted by Gasteiger charge is -2.38. The van der Waals surface area contributed by atoms with Crippen LogP contribution in [0.5, 0.6) is 0 Å². The maximum atomic E-state index is 5.24. The fourth-order valence-corrected chi connectivity index (χ4v) is 3.33. The molecule has 1 unspecified atom stereocenters. The van der Waals surface area contributed by atoms with E-state index < -0.39 is 0 Å². The van der Waals surface area contributed by atoms with Crippen molar-refractivity contribution in [2.24, 2.45) is 5.41 Å². The Morgan fingerprint density at radius 1 is 1.43 bits per heavy atom. The molecular formula is C11H21NOS. The minimum atomic E-state index is 0.430. The Hall–Kier alpha value is 0.270. The zero-order chi connectivity index (χ0) is 9.86. The minimum Gasteiger partial charge on any atom is -0.380 e. The lowest BCUT2D eigenvalue weighted by atomic mass is 9.89. The average molecular weight is 215 g/mol. The van der Waals surface area contributed by atoms with Crippen molar-refractivity contribution < 1.29 is 4.74 Å². The third-order valence-electron chi connectivity index (χ3n) is 3.10. The number of nitrogens with one attached hydrogen (secondary N) is 1. The quantitative estimate of drug-likeness (QED) is 0.774. The summed E-state index contributed by atoms with van der Waals surface area (Å²) in [4.78, 5) is 0. The summed E-state index contributed by atoms with van der Waals surface area (Å²) < 4.78 is 5.24. The first-order chi connectivity index (χ1) is 6.79. The second kappa shape index (κ2) is 4.86. The molecule has 2 saturated heterocycles. The first kappa shape index (κ1) is 10.8. The molecule has 0 aromatic heterocycles. The molecule has 1 N–H and O–H groups in total. The molecule has 0 saturated carbocycles. The molecule has 2 aliphatic heterocycles. The molecule has 82 valence electrons. The van der Waals surface area contributed by atoms with Gasteiger partial charge in [0.2, 0.25) is 0 Å². The first-order valence-electron chi connectivity index (χ1n) is 5.69. The molecule has 1 atom stereocenters. The maximum absolute atomic E-state index is 5.24. The zero-order valence-electron chi connectivity index (χ0n) is 9.05. The summed E-state index contributed by atoms with van der Waals surface area (Å²) in [5.41, 5.74) is 0.430. The van der Waals surface area contributed by atoms with Crippen molar-refractivity contribution in [1.82, 2.24) is 5.32 Å². The van der Waals surface area contributed by atoms with E-state index in [1.165, 1.54) is 31.6 Å². The molecule has 2 fully saturated rings. The van der Waals surface area contributed by atoms with Gasteiger partial charge >= 0.3 is 0 Å². The molecule has 14 heavy (non-hydrogen) atoms. The highest BCUT2D eigenvalue weighted by Gasteiger charge is 2.32. The predicted octanol–water partition coefficient (Wildman–Crippen LogP) is 1.90. The Morgan fingerprint density at radius 3 is 2.86 bits per heavy atom. The van der Waals surface area contributed by atoms with E-state index >= 15 is 0 Å². The Bertz CT molecular complexity index is 176. The van der Waals surface area contributed by atoms with Crippen molar-refractivity contribution in [1.29, 1.82) is 0 Å². The van der Waals surface area contributed by atoms with E-state index in [2.05, 4.69) is 24.0 Å². The molecule has 0 aromatic rings. The summed E-state index contributed by atoms with van der Waals surface area (Å²) in [5.74, 6) is 1.37. The molecular weight excluding hydrogens is 194 g/mol. The van der Waals surface area contributed by atoms with Crippen molar-refractivity contribution in [2.75, 3.05) is 32.1 Å². The molecule has 2 aliphatic rings. The van der Waals surface area contributed by atoms with Crippen LogP contribution in [-0.2, 0) is 4.74 Å². The van der Waals surface area contributed by atoms with Crippen LogP contribution in [0.25, 0.3) is 0 Å². The van der Waals surface area contributed by atoms with E-state index in [4.69, 9.17) is 4.74 Å². The maximum Gasteiger partial charge on any atom is 0.0554 e. The highest BCUT2D eigenvalue weighted by Crippen LogP contribution is 2.27. The van der Waals surface area contributed by atoms with Gasteiger partial charge in [0.25, 0.3) is 0 Å². The van der Waals surface area contributed by atoms with Crippen molar-refractivity contribution in [3.05, 3.63) is 0 Å². The topological polar surface area (TPSA) is 21.3 Å². The zero-order valence-corrected chi connectivity index (χ0v) is 9.87. The summed E-state index contributed by atoms with van der Waals surface area (Å²) in [7, 11) is 0. The second-order valence-electron chi connectivity index (χ2n) is 4.92. The Kier molecular flexibility index (Phi) is 3.74. The average Bonchev–Trinajstić information content (AvgIpc) is 2.17. The third kappa shape index (κ3) is 2.88. The van der Waals surface area contributed by atoms with Crippen LogP contribution in [0.1, 0.15) is 26.2 Å². The number of hydrogen-bond acceptors (Lipinski definition) is 3. The van der Waals surface area contributed by atoms with Gasteiger partial charge in [0, 0.05) is 23.8 Å². The molecule has 2 rings (SSSR count). The van der Waals surface area contributed by atoms with Gasteiger partial charge in [0.1, 0.15) is 0 Å². The Morgan fingerprint density at radius 2 is 2.29 bits per heavy atom. The second-order valence-corrected chi connectivity index (χ2v) is 6.33. The van der Waals surface area contributed by atoms with E-state index in [1.807, 2.05) is 0 Å². The molecule has 2 heterocycles.